The molecule has 10 heavy (non-hydrogen) atoms. The van der Waals surface area contributed by atoms with Gasteiger partial charge in [0.05, 0.1) is 6.33 Å². The van der Waals surface area contributed by atoms with Crippen molar-refractivity contribution in [2.24, 2.45) is 7.05 Å². The van der Waals surface area contributed by atoms with Gasteiger partial charge < -0.3 is 0 Å². The van der Waals surface area contributed by atoms with Crippen molar-refractivity contribution < 1.29 is 4.39 Å². The average molecular weight is 163 g/mol. The van der Waals surface area contributed by atoms with Crippen molar-refractivity contribution in [3.8, 4) is 0 Å². The van der Waals surface area contributed by atoms with Crippen LogP contribution in [-0.4, -0.2) is 9.55 Å². The molecular formula is C5H4ClFN2O. The summed E-state index contributed by atoms with van der Waals surface area (Å²) in [7, 11) is 1.40. The third kappa shape index (κ3) is 1.02. The Hall–Kier alpha value is -0.900. The molecule has 54 valence electrons. The van der Waals surface area contributed by atoms with E-state index in [2.05, 4.69) is 4.98 Å². The molecule has 0 bridgehead atoms. The molecule has 0 spiro atoms. The quantitative estimate of drug-likeness (QED) is 0.523. The predicted molar refractivity (Wildman–Crippen MR) is 34.4 cm³/mol. The first-order valence-electron chi connectivity index (χ1n) is 2.49. The number of nitrogens with zero attached hydrogens (tertiary/aromatic N) is 2. The van der Waals surface area contributed by atoms with Crippen LogP contribution in [0.2, 0.25) is 5.15 Å². The zero-order valence-corrected chi connectivity index (χ0v) is 5.89. The van der Waals surface area contributed by atoms with E-state index in [0.717, 1.165) is 10.9 Å². The predicted octanol–water partition coefficient (Wildman–Crippen LogP) is 0.573. The summed E-state index contributed by atoms with van der Waals surface area (Å²) in [5.41, 5.74) is -0.764. The van der Waals surface area contributed by atoms with Gasteiger partial charge in [0.15, 0.2) is 5.15 Å². The zero-order chi connectivity index (χ0) is 7.72. The monoisotopic (exact) mass is 162 g/mol. The van der Waals surface area contributed by atoms with E-state index < -0.39 is 11.4 Å². The minimum Gasteiger partial charge on any atom is -0.300 e. The first-order valence-corrected chi connectivity index (χ1v) is 2.87. The van der Waals surface area contributed by atoms with Crippen LogP contribution in [0.25, 0.3) is 0 Å². The van der Waals surface area contributed by atoms with Crippen LogP contribution in [0.3, 0.4) is 0 Å². The molecule has 5 heteroatoms. The Morgan fingerprint density at radius 3 is 2.90 bits per heavy atom. The van der Waals surface area contributed by atoms with E-state index in [9.17, 15) is 9.18 Å². The molecule has 0 atom stereocenters. The van der Waals surface area contributed by atoms with Gasteiger partial charge in [-0.05, 0) is 0 Å². The third-order valence-electron chi connectivity index (χ3n) is 1.03. The lowest BCUT2D eigenvalue weighted by molar-refractivity contribution is 0.579. The van der Waals surface area contributed by atoms with E-state index in [0.29, 0.717) is 0 Å². The summed E-state index contributed by atoms with van der Waals surface area (Å²) >= 11 is 5.19. The van der Waals surface area contributed by atoms with Gasteiger partial charge in [-0.15, -0.1) is 0 Å². The minimum absolute atomic E-state index is 0.386. The molecule has 1 heterocycles. The smallest absolute Gasteiger partial charge is 0.290 e. The van der Waals surface area contributed by atoms with Crippen LogP contribution >= 0.6 is 11.6 Å². The van der Waals surface area contributed by atoms with Crippen LogP contribution in [0.5, 0.6) is 0 Å². The summed E-state index contributed by atoms with van der Waals surface area (Å²) in [6, 6.07) is 0. The standard InChI is InChI=1S/C5H4ClFN2O/c1-9-2-8-4(6)3(7)5(9)10/h2H,1H3. The van der Waals surface area contributed by atoms with Crippen LogP contribution in [-0.2, 0) is 7.05 Å². The van der Waals surface area contributed by atoms with Crippen molar-refractivity contribution in [2.75, 3.05) is 0 Å². The molecule has 0 aliphatic rings. The van der Waals surface area contributed by atoms with E-state index in [1.807, 2.05) is 0 Å². The fraction of sp³-hybridized carbons (Fsp3) is 0.200. The molecule has 0 fully saturated rings. The molecule has 0 aliphatic carbocycles. The second-order valence-electron chi connectivity index (χ2n) is 1.77. The number of rotatable bonds is 0. The molecule has 1 rings (SSSR count). The number of aryl methyl sites for hydroxylation is 1. The Morgan fingerprint density at radius 2 is 2.40 bits per heavy atom. The molecule has 0 N–H and O–H groups in total. The Kier molecular flexibility index (Phi) is 1.72. The van der Waals surface area contributed by atoms with Gasteiger partial charge in [0.2, 0.25) is 5.82 Å². The molecule has 0 aliphatic heterocycles. The molecule has 0 amide bonds. The van der Waals surface area contributed by atoms with E-state index in [-0.39, 0.29) is 5.15 Å². The molecule has 0 radical (unpaired) electrons. The van der Waals surface area contributed by atoms with Crippen LogP contribution in [0.15, 0.2) is 11.1 Å². The number of hydrogen-bond acceptors (Lipinski definition) is 2. The second-order valence-corrected chi connectivity index (χ2v) is 2.12. The van der Waals surface area contributed by atoms with Crippen molar-refractivity contribution in [3.05, 3.63) is 27.7 Å². The van der Waals surface area contributed by atoms with Gasteiger partial charge in [-0.25, -0.2) is 4.98 Å². The van der Waals surface area contributed by atoms with Gasteiger partial charge in [-0.2, -0.15) is 4.39 Å². The fourth-order valence-electron chi connectivity index (χ4n) is 0.489. The van der Waals surface area contributed by atoms with Crippen LogP contribution in [0, 0.1) is 5.82 Å². The van der Waals surface area contributed by atoms with Crippen molar-refractivity contribution >= 4 is 11.6 Å². The normalized spacial score (nSPS) is 9.90. The van der Waals surface area contributed by atoms with Crippen molar-refractivity contribution in [1.29, 1.82) is 0 Å². The van der Waals surface area contributed by atoms with E-state index in [1.54, 1.807) is 0 Å². The minimum atomic E-state index is -1.01. The van der Waals surface area contributed by atoms with Gasteiger partial charge in [0.1, 0.15) is 0 Å². The Bertz CT molecular complexity index is 309. The molecule has 1 aromatic rings. The van der Waals surface area contributed by atoms with Crippen LogP contribution in [0.4, 0.5) is 4.39 Å². The lowest BCUT2D eigenvalue weighted by Gasteiger charge is -1.94. The Morgan fingerprint density at radius 1 is 1.80 bits per heavy atom. The topological polar surface area (TPSA) is 34.9 Å². The van der Waals surface area contributed by atoms with Crippen molar-refractivity contribution in [1.82, 2.24) is 9.55 Å². The number of aromatic nitrogens is 2. The van der Waals surface area contributed by atoms with Gasteiger partial charge in [-0.3, -0.25) is 9.36 Å². The lowest BCUT2D eigenvalue weighted by Crippen LogP contribution is -2.20. The van der Waals surface area contributed by atoms with E-state index >= 15 is 0 Å². The van der Waals surface area contributed by atoms with E-state index in [1.165, 1.54) is 7.05 Å². The van der Waals surface area contributed by atoms with Crippen LogP contribution in [0.1, 0.15) is 0 Å². The number of halogens is 2. The molecular weight excluding hydrogens is 159 g/mol. The fourth-order valence-corrected chi connectivity index (χ4v) is 0.614. The van der Waals surface area contributed by atoms with Crippen LogP contribution < -0.4 is 5.56 Å². The highest BCUT2D eigenvalue weighted by Crippen LogP contribution is 2.02. The summed E-state index contributed by atoms with van der Waals surface area (Å²) in [6.45, 7) is 0. The Labute approximate surface area is 61.1 Å². The van der Waals surface area contributed by atoms with Gasteiger partial charge >= 0.3 is 0 Å². The van der Waals surface area contributed by atoms with Gasteiger partial charge in [0, 0.05) is 7.05 Å². The highest BCUT2D eigenvalue weighted by Gasteiger charge is 2.05. The average Bonchev–Trinajstić information content (AvgIpc) is 1.93. The van der Waals surface area contributed by atoms with Gasteiger partial charge in [-0.1, -0.05) is 11.6 Å². The van der Waals surface area contributed by atoms with Gasteiger partial charge in [0.25, 0.3) is 5.56 Å². The summed E-state index contributed by atoms with van der Waals surface area (Å²) < 4.78 is 13.5. The van der Waals surface area contributed by atoms with Crippen molar-refractivity contribution in [2.45, 2.75) is 0 Å². The first kappa shape index (κ1) is 7.21. The summed E-state index contributed by atoms with van der Waals surface area (Å²) in [4.78, 5) is 14.0. The maximum absolute atomic E-state index is 12.5. The largest absolute Gasteiger partial charge is 0.300 e. The summed E-state index contributed by atoms with van der Waals surface area (Å²) in [5, 5.41) is -0.386. The van der Waals surface area contributed by atoms with Crippen molar-refractivity contribution in [3.63, 3.8) is 0 Å². The maximum atomic E-state index is 12.5. The highest BCUT2D eigenvalue weighted by molar-refractivity contribution is 6.29. The summed E-state index contributed by atoms with van der Waals surface area (Å²) in [5.74, 6) is -1.01. The molecule has 0 saturated heterocycles. The molecule has 0 unspecified atom stereocenters. The molecule has 3 nitrogen and oxygen atoms in total. The molecule has 0 aromatic carbocycles. The zero-order valence-electron chi connectivity index (χ0n) is 5.14. The third-order valence-corrected chi connectivity index (χ3v) is 1.30. The summed E-state index contributed by atoms with van der Waals surface area (Å²) in [6.07, 6.45) is 1.16. The molecule has 0 saturated carbocycles. The lowest BCUT2D eigenvalue weighted by atomic mass is 10.6. The SMILES string of the molecule is Cn1cnc(Cl)c(F)c1=O. The first-order chi connectivity index (χ1) is 4.63. The highest BCUT2D eigenvalue weighted by atomic mass is 35.5. The Balaban J connectivity index is 3.50. The second kappa shape index (κ2) is 2.38. The molecule has 1 aromatic heterocycles. The number of hydrogen-bond donors (Lipinski definition) is 0. The maximum Gasteiger partial charge on any atom is 0.290 e. The van der Waals surface area contributed by atoms with E-state index in [4.69, 9.17) is 11.6 Å².